The normalized spacial score (nSPS) is 12.9. The number of hydrogen-bond acceptors (Lipinski definition) is 4. The van der Waals surface area contributed by atoms with Crippen LogP contribution in [0.1, 0.15) is 0 Å². The number of aromatic nitrogens is 1. The summed E-state index contributed by atoms with van der Waals surface area (Å²) in [5.41, 5.74) is 7.90. The highest BCUT2D eigenvalue weighted by molar-refractivity contribution is 5.75. The highest BCUT2D eigenvalue weighted by atomic mass is 15.3. The third-order valence-electron chi connectivity index (χ3n) is 5.82. The van der Waals surface area contributed by atoms with Crippen LogP contribution in [0.25, 0.3) is 22.4 Å². The van der Waals surface area contributed by atoms with E-state index in [4.69, 9.17) is 0 Å². The maximum absolute atomic E-state index is 4.64. The largest absolute Gasteiger partial charge is 0.361 e. The lowest BCUT2D eigenvalue weighted by Gasteiger charge is -2.23. The molecule has 0 unspecified atom stereocenters. The molecule has 0 fully saturated rings. The maximum Gasteiger partial charge on any atom is 0.0938 e. The van der Waals surface area contributed by atoms with Crippen molar-refractivity contribution in [1.29, 1.82) is 0 Å². The summed E-state index contributed by atoms with van der Waals surface area (Å²) in [4.78, 5) is 11.3. The molecule has 158 valence electrons. The van der Waals surface area contributed by atoms with Gasteiger partial charge in [-0.25, -0.2) is 0 Å². The smallest absolute Gasteiger partial charge is 0.0938 e. The van der Waals surface area contributed by atoms with Gasteiger partial charge in [-0.15, -0.1) is 0 Å². The van der Waals surface area contributed by atoms with Gasteiger partial charge >= 0.3 is 0 Å². The van der Waals surface area contributed by atoms with Crippen LogP contribution in [0.4, 0.5) is 17.1 Å². The van der Waals surface area contributed by atoms with Crippen molar-refractivity contribution in [3.63, 3.8) is 0 Å². The molecule has 0 spiro atoms. The summed E-state index contributed by atoms with van der Waals surface area (Å²) >= 11 is 0. The molecule has 4 heteroatoms. The molecule has 0 amide bonds. The zero-order valence-corrected chi connectivity index (χ0v) is 18.4. The highest BCUT2D eigenvalue weighted by Gasteiger charge is 2.13. The number of benzene rings is 3. The zero-order chi connectivity index (χ0) is 21.9. The molecule has 0 atom stereocenters. The van der Waals surface area contributed by atoms with E-state index in [1.807, 2.05) is 12.3 Å². The summed E-state index contributed by atoms with van der Waals surface area (Å²) in [5, 5.41) is 0. The second kappa shape index (κ2) is 8.60. The molecule has 5 rings (SSSR count). The Morgan fingerprint density at radius 2 is 1.47 bits per heavy atom. The summed E-state index contributed by atoms with van der Waals surface area (Å²) in [5.74, 6) is 0. The molecule has 0 saturated carbocycles. The van der Waals surface area contributed by atoms with Gasteiger partial charge < -0.3 is 14.7 Å². The molecule has 0 aliphatic carbocycles. The van der Waals surface area contributed by atoms with Crippen LogP contribution in [0.3, 0.4) is 0 Å². The van der Waals surface area contributed by atoms with Gasteiger partial charge in [0, 0.05) is 55.3 Å². The Morgan fingerprint density at radius 1 is 0.719 bits per heavy atom. The van der Waals surface area contributed by atoms with Crippen molar-refractivity contribution in [2.24, 2.45) is 0 Å². The van der Waals surface area contributed by atoms with Crippen molar-refractivity contribution in [2.75, 3.05) is 30.6 Å². The van der Waals surface area contributed by atoms with Crippen LogP contribution < -0.4 is 9.80 Å². The van der Waals surface area contributed by atoms with Gasteiger partial charge in [-0.3, -0.25) is 4.98 Å². The summed E-state index contributed by atoms with van der Waals surface area (Å²) < 4.78 is 0. The lowest BCUT2D eigenvalue weighted by molar-refractivity contribution is 0.496. The summed E-state index contributed by atoms with van der Waals surface area (Å²) in [6.45, 7) is 0.867. The number of anilines is 3. The Hall–Kier alpha value is -4.05. The third kappa shape index (κ3) is 4.08. The van der Waals surface area contributed by atoms with E-state index >= 15 is 0 Å². The van der Waals surface area contributed by atoms with Gasteiger partial charge in [-0.2, -0.15) is 0 Å². The first-order chi connectivity index (χ1) is 15.7. The minimum absolute atomic E-state index is 0.867. The second-order valence-electron chi connectivity index (χ2n) is 8.09. The standard InChI is InChI=1S/C28H26N4/c1-30-16-17-32(21-30)27-13-7-12-26(20-27)31(2)25-11-6-10-24(18-25)28-19-23(14-15-29-28)22-8-4-3-5-9-22/h3-20H,21H2,1-2H3. The fourth-order valence-corrected chi connectivity index (χ4v) is 4.00. The second-order valence-corrected chi connectivity index (χ2v) is 8.09. The maximum atomic E-state index is 4.64. The fraction of sp³-hybridized carbons (Fsp3) is 0.107. The van der Waals surface area contributed by atoms with Crippen molar-refractivity contribution in [3.8, 4) is 22.4 Å². The predicted octanol–water partition coefficient (Wildman–Crippen LogP) is 6.36. The van der Waals surface area contributed by atoms with Crippen LogP contribution in [-0.4, -0.2) is 30.6 Å². The first kappa shape index (κ1) is 19.9. The Balaban J connectivity index is 1.43. The van der Waals surface area contributed by atoms with Crippen LogP contribution in [0.2, 0.25) is 0 Å². The van der Waals surface area contributed by atoms with Gasteiger partial charge in [0.1, 0.15) is 0 Å². The van der Waals surface area contributed by atoms with Crippen molar-refractivity contribution in [1.82, 2.24) is 9.88 Å². The number of nitrogens with zero attached hydrogens (tertiary/aromatic N) is 4. The zero-order valence-electron chi connectivity index (χ0n) is 18.4. The number of rotatable bonds is 5. The Labute approximate surface area is 189 Å². The quantitative estimate of drug-likeness (QED) is 0.376. The van der Waals surface area contributed by atoms with Gasteiger partial charge in [0.2, 0.25) is 0 Å². The van der Waals surface area contributed by atoms with E-state index in [2.05, 4.69) is 131 Å². The molecule has 0 bridgehead atoms. The van der Waals surface area contributed by atoms with E-state index in [1.165, 1.54) is 16.8 Å². The molecule has 1 aromatic heterocycles. The number of hydrogen-bond donors (Lipinski definition) is 0. The molecule has 1 aliphatic heterocycles. The molecule has 32 heavy (non-hydrogen) atoms. The van der Waals surface area contributed by atoms with Crippen LogP contribution >= 0.6 is 0 Å². The van der Waals surface area contributed by atoms with Crippen LogP contribution in [0.15, 0.2) is 110 Å². The lowest BCUT2D eigenvalue weighted by Crippen LogP contribution is -2.21. The van der Waals surface area contributed by atoms with Crippen molar-refractivity contribution < 1.29 is 0 Å². The predicted molar refractivity (Wildman–Crippen MR) is 134 cm³/mol. The Bertz CT molecular complexity index is 1250. The summed E-state index contributed by atoms with van der Waals surface area (Å²) in [6.07, 6.45) is 6.10. The third-order valence-corrected chi connectivity index (χ3v) is 5.82. The Kier molecular flexibility index (Phi) is 5.34. The highest BCUT2D eigenvalue weighted by Crippen LogP contribution is 2.32. The molecule has 0 saturated heterocycles. The summed E-state index contributed by atoms with van der Waals surface area (Å²) in [7, 11) is 4.19. The molecule has 3 aromatic carbocycles. The number of pyridine rings is 1. The monoisotopic (exact) mass is 418 g/mol. The molecule has 4 nitrogen and oxygen atoms in total. The first-order valence-electron chi connectivity index (χ1n) is 10.8. The average Bonchev–Trinajstić information content (AvgIpc) is 3.31. The van der Waals surface area contributed by atoms with E-state index in [0.29, 0.717) is 0 Å². The van der Waals surface area contributed by atoms with Gasteiger partial charge in [0.15, 0.2) is 0 Å². The molecule has 1 aliphatic rings. The molecular weight excluding hydrogens is 392 g/mol. The molecule has 0 radical (unpaired) electrons. The van der Waals surface area contributed by atoms with E-state index in [0.717, 1.165) is 29.3 Å². The minimum Gasteiger partial charge on any atom is -0.361 e. The van der Waals surface area contributed by atoms with E-state index in [9.17, 15) is 0 Å². The van der Waals surface area contributed by atoms with Gasteiger partial charge in [-0.05, 0) is 53.6 Å². The van der Waals surface area contributed by atoms with Gasteiger partial charge in [-0.1, -0.05) is 48.5 Å². The van der Waals surface area contributed by atoms with Crippen LogP contribution in [0.5, 0.6) is 0 Å². The van der Waals surface area contributed by atoms with Crippen molar-refractivity contribution >= 4 is 17.1 Å². The molecule has 4 aromatic rings. The Morgan fingerprint density at radius 3 is 2.25 bits per heavy atom. The van der Waals surface area contributed by atoms with Crippen LogP contribution in [0, 0.1) is 0 Å². The molecular formula is C28H26N4. The summed E-state index contributed by atoms with van der Waals surface area (Å²) in [6, 6.07) is 31.8. The van der Waals surface area contributed by atoms with Crippen molar-refractivity contribution in [3.05, 3.63) is 110 Å². The molecule has 0 N–H and O–H groups in total. The average molecular weight is 419 g/mol. The van der Waals surface area contributed by atoms with E-state index in [1.54, 1.807) is 0 Å². The van der Waals surface area contributed by atoms with Gasteiger partial charge in [0.25, 0.3) is 0 Å². The first-order valence-corrected chi connectivity index (χ1v) is 10.8. The fourth-order valence-electron chi connectivity index (χ4n) is 4.00. The van der Waals surface area contributed by atoms with E-state index < -0.39 is 0 Å². The van der Waals surface area contributed by atoms with Gasteiger partial charge in [0.05, 0.1) is 12.4 Å². The van der Waals surface area contributed by atoms with E-state index in [-0.39, 0.29) is 0 Å². The topological polar surface area (TPSA) is 22.6 Å². The van der Waals surface area contributed by atoms with Crippen LogP contribution in [-0.2, 0) is 0 Å². The van der Waals surface area contributed by atoms with Crippen molar-refractivity contribution in [2.45, 2.75) is 0 Å². The molecule has 2 heterocycles. The lowest BCUT2D eigenvalue weighted by atomic mass is 10.0. The SMILES string of the molecule is CN1C=CN(c2cccc(N(C)c3cccc(-c4cc(-c5ccccc5)ccn4)c3)c2)C1. The minimum atomic E-state index is 0.867.